The van der Waals surface area contributed by atoms with E-state index in [2.05, 4.69) is 12.2 Å². The Kier molecular flexibility index (Phi) is 4.04. The van der Waals surface area contributed by atoms with E-state index >= 15 is 0 Å². The van der Waals surface area contributed by atoms with Crippen molar-refractivity contribution < 1.29 is 0 Å². The van der Waals surface area contributed by atoms with Crippen LogP contribution in [0.2, 0.25) is 0 Å². The monoisotopic (exact) mass is 210 g/mol. The van der Waals surface area contributed by atoms with Gasteiger partial charge >= 0.3 is 0 Å². The van der Waals surface area contributed by atoms with Crippen LogP contribution >= 0.6 is 0 Å². The van der Waals surface area contributed by atoms with Crippen LogP contribution in [-0.2, 0) is 0 Å². The van der Waals surface area contributed by atoms with Crippen LogP contribution in [0.3, 0.4) is 0 Å². The first kappa shape index (κ1) is 11.4. The molecule has 0 aromatic carbocycles. The Morgan fingerprint density at radius 1 is 1.27 bits per heavy atom. The molecule has 2 heteroatoms. The van der Waals surface area contributed by atoms with E-state index in [-0.39, 0.29) is 0 Å². The zero-order valence-electron chi connectivity index (χ0n) is 10.0. The van der Waals surface area contributed by atoms with E-state index < -0.39 is 0 Å². The highest BCUT2D eigenvalue weighted by atomic mass is 15.0. The van der Waals surface area contributed by atoms with Gasteiger partial charge in [-0.15, -0.1) is 0 Å². The van der Waals surface area contributed by atoms with Gasteiger partial charge in [0.05, 0.1) is 0 Å². The molecule has 88 valence electrons. The number of nitrogens with two attached hydrogens (primary N) is 1. The van der Waals surface area contributed by atoms with E-state index in [0.29, 0.717) is 0 Å². The molecule has 3 atom stereocenters. The summed E-state index contributed by atoms with van der Waals surface area (Å²) in [5.41, 5.74) is 5.81. The lowest BCUT2D eigenvalue weighted by atomic mass is 10.0. The third-order valence-electron chi connectivity index (χ3n) is 4.22. The van der Waals surface area contributed by atoms with Crippen molar-refractivity contribution in [1.29, 1.82) is 0 Å². The van der Waals surface area contributed by atoms with Gasteiger partial charge in [0.2, 0.25) is 0 Å². The van der Waals surface area contributed by atoms with Crippen molar-refractivity contribution in [2.45, 2.75) is 64.0 Å². The van der Waals surface area contributed by atoms with Gasteiger partial charge in [-0.25, -0.2) is 0 Å². The summed E-state index contributed by atoms with van der Waals surface area (Å²) in [5.74, 6) is 1.79. The molecule has 2 aliphatic carbocycles. The Hall–Kier alpha value is -0.0800. The molecule has 0 radical (unpaired) electrons. The topological polar surface area (TPSA) is 38.0 Å². The lowest BCUT2D eigenvalue weighted by Crippen LogP contribution is -2.42. The van der Waals surface area contributed by atoms with Crippen LogP contribution in [0.1, 0.15) is 51.9 Å². The molecule has 0 saturated heterocycles. The lowest BCUT2D eigenvalue weighted by molar-refractivity contribution is 0.334. The third kappa shape index (κ3) is 3.18. The maximum atomic E-state index is 5.81. The molecule has 0 aliphatic heterocycles. The molecule has 2 rings (SSSR count). The maximum absolute atomic E-state index is 5.81. The molecule has 3 N–H and O–H groups in total. The van der Waals surface area contributed by atoms with Crippen LogP contribution < -0.4 is 11.1 Å². The molecule has 0 spiro atoms. The van der Waals surface area contributed by atoms with Gasteiger partial charge in [-0.05, 0) is 44.1 Å². The van der Waals surface area contributed by atoms with Crippen LogP contribution in [0.25, 0.3) is 0 Å². The summed E-state index contributed by atoms with van der Waals surface area (Å²) in [4.78, 5) is 0. The number of hydrogen-bond acceptors (Lipinski definition) is 2. The van der Waals surface area contributed by atoms with Crippen molar-refractivity contribution in [3.63, 3.8) is 0 Å². The maximum Gasteiger partial charge on any atom is 0.0110 e. The second-order valence-corrected chi connectivity index (χ2v) is 5.48. The van der Waals surface area contributed by atoms with Crippen LogP contribution in [0.5, 0.6) is 0 Å². The first-order valence-electron chi connectivity index (χ1n) is 6.79. The molecule has 3 unspecified atom stereocenters. The van der Waals surface area contributed by atoms with Crippen molar-refractivity contribution >= 4 is 0 Å². The minimum absolute atomic E-state index is 0.721. The zero-order chi connectivity index (χ0) is 10.7. The molecule has 2 aliphatic rings. The zero-order valence-corrected chi connectivity index (χ0v) is 10.0. The lowest BCUT2D eigenvalue weighted by Gasteiger charge is -2.26. The van der Waals surface area contributed by atoms with Crippen molar-refractivity contribution in [1.82, 2.24) is 5.32 Å². The molecule has 0 aromatic heterocycles. The fourth-order valence-corrected chi connectivity index (χ4v) is 2.95. The number of nitrogens with one attached hydrogen (secondary N) is 1. The summed E-state index contributed by atoms with van der Waals surface area (Å²) < 4.78 is 0. The van der Waals surface area contributed by atoms with Crippen LogP contribution in [0.15, 0.2) is 0 Å². The van der Waals surface area contributed by atoms with E-state index in [1.165, 1.54) is 44.9 Å². The van der Waals surface area contributed by atoms with Gasteiger partial charge in [-0.3, -0.25) is 0 Å². The molecule has 2 fully saturated rings. The highest BCUT2D eigenvalue weighted by Crippen LogP contribution is 2.35. The second kappa shape index (κ2) is 5.31. The summed E-state index contributed by atoms with van der Waals surface area (Å²) in [6.45, 7) is 3.18. The van der Waals surface area contributed by atoms with Crippen molar-refractivity contribution in [3.8, 4) is 0 Å². The minimum Gasteiger partial charge on any atom is -0.330 e. The molecule has 2 nitrogen and oxygen atoms in total. The highest BCUT2D eigenvalue weighted by Gasteiger charge is 2.30. The Morgan fingerprint density at radius 3 is 2.67 bits per heavy atom. The van der Waals surface area contributed by atoms with E-state index in [9.17, 15) is 0 Å². The van der Waals surface area contributed by atoms with Gasteiger partial charge < -0.3 is 11.1 Å². The van der Waals surface area contributed by atoms with E-state index in [0.717, 1.165) is 30.5 Å². The van der Waals surface area contributed by atoms with Crippen molar-refractivity contribution in [2.24, 2.45) is 17.6 Å². The first-order valence-corrected chi connectivity index (χ1v) is 6.79. The summed E-state index contributed by atoms with van der Waals surface area (Å²) in [7, 11) is 0. The van der Waals surface area contributed by atoms with Crippen LogP contribution in [-0.4, -0.2) is 18.6 Å². The normalized spacial score (nSPS) is 33.2. The average molecular weight is 210 g/mol. The van der Waals surface area contributed by atoms with Gasteiger partial charge in [0, 0.05) is 12.1 Å². The molecule has 0 aromatic rings. The van der Waals surface area contributed by atoms with Gasteiger partial charge in [0.15, 0.2) is 0 Å². The first-order chi connectivity index (χ1) is 7.33. The Morgan fingerprint density at radius 2 is 2.07 bits per heavy atom. The van der Waals surface area contributed by atoms with Crippen LogP contribution in [0.4, 0.5) is 0 Å². The van der Waals surface area contributed by atoms with E-state index in [1.807, 2.05) is 0 Å². The van der Waals surface area contributed by atoms with Gasteiger partial charge in [-0.2, -0.15) is 0 Å². The number of hydrogen-bond donors (Lipinski definition) is 2. The Balaban J connectivity index is 1.76. The Bertz CT molecular complexity index is 189. The minimum atomic E-state index is 0.721. The second-order valence-electron chi connectivity index (χ2n) is 5.48. The SMILES string of the molecule is CCC(CC1CC1)NC1CCCC1CN. The summed E-state index contributed by atoms with van der Waals surface area (Å²) in [5, 5.41) is 3.86. The third-order valence-corrected chi connectivity index (χ3v) is 4.22. The molecular weight excluding hydrogens is 184 g/mol. The largest absolute Gasteiger partial charge is 0.330 e. The summed E-state index contributed by atoms with van der Waals surface area (Å²) in [6, 6.07) is 1.48. The fourth-order valence-electron chi connectivity index (χ4n) is 2.95. The van der Waals surface area contributed by atoms with Crippen molar-refractivity contribution in [3.05, 3.63) is 0 Å². The molecule has 15 heavy (non-hydrogen) atoms. The number of rotatable bonds is 6. The van der Waals surface area contributed by atoms with Crippen molar-refractivity contribution in [2.75, 3.05) is 6.54 Å². The molecule has 0 amide bonds. The molecular formula is C13H26N2. The van der Waals surface area contributed by atoms with Gasteiger partial charge in [0.25, 0.3) is 0 Å². The highest BCUT2D eigenvalue weighted by molar-refractivity contribution is 4.88. The average Bonchev–Trinajstić information content (AvgIpc) is 2.95. The predicted octanol–water partition coefficient (Wildman–Crippen LogP) is 2.28. The molecule has 0 bridgehead atoms. The molecule has 0 heterocycles. The van der Waals surface area contributed by atoms with Gasteiger partial charge in [0.1, 0.15) is 0 Å². The predicted molar refractivity (Wildman–Crippen MR) is 64.7 cm³/mol. The standard InChI is InChI=1S/C13H26N2/c1-2-12(8-10-6-7-10)15-13-5-3-4-11(13)9-14/h10-13,15H,2-9,14H2,1H3. The fraction of sp³-hybridized carbons (Fsp3) is 1.00. The summed E-state index contributed by atoms with van der Waals surface area (Å²) >= 11 is 0. The smallest absolute Gasteiger partial charge is 0.0110 e. The Labute approximate surface area is 94.0 Å². The quantitative estimate of drug-likeness (QED) is 0.706. The summed E-state index contributed by atoms with van der Waals surface area (Å²) in [6.07, 6.45) is 9.71. The van der Waals surface area contributed by atoms with E-state index in [4.69, 9.17) is 5.73 Å². The van der Waals surface area contributed by atoms with Gasteiger partial charge in [-0.1, -0.05) is 26.2 Å². The van der Waals surface area contributed by atoms with Crippen LogP contribution in [0, 0.1) is 11.8 Å². The van der Waals surface area contributed by atoms with E-state index in [1.54, 1.807) is 0 Å². The molecule has 2 saturated carbocycles.